The van der Waals surface area contributed by atoms with E-state index in [4.69, 9.17) is 4.98 Å². The number of rotatable bonds is 3. The van der Waals surface area contributed by atoms with Gasteiger partial charge in [-0.1, -0.05) is 6.92 Å². The van der Waals surface area contributed by atoms with Gasteiger partial charge in [0, 0.05) is 9.77 Å². The molecule has 0 fully saturated rings. The van der Waals surface area contributed by atoms with Crippen molar-refractivity contribution in [2.24, 2.45) is 5.92 Å². The van der Waals surface area contributed by atoms with Gasteiger partial charge in [-0.3, -0.25) is 4.79 Å². The van der Waals surface area contributed by atoms with Gasteiger partial charge in [-0.05, 0) is 61.9 Å². The summed E-state index contributed by atoms with van der Waals surface area (Å²) in [5.41, 5.74) is 1.18. The van der Waals surface area contributed by atoms with Gasteiger partial charge in [0.15, 0.2) is 0 Å². The van der Waals surface area contributed by atoms with E-state index < -0.39 is 0 Å². The number of hydrogen-bond donors (Lipinski definition) is 1. The van der Waals surface area contributed by atoms with Crippen molar-refractivity contribution in [1.82, 2.24) is 9.97 Å². The number of aromatic amines is 1. The number of thioether (sulfide) groups is 1. The fraction of sp³-hybridized carbons (Fsp3) is 0.368. The Labute approximate surface area is 153 Å². The van der Waals surface area contributed by atoms with Gasteiger partial charge in [0.1, 0.15) is 16.5 Å². The number of aromatic nitrogens is 2. The molecule has 0 bridgehead atoms. The summed E-state index contributed by atoms with van der Waals surface area (Å²) in [6, 6.07) is 6.39. The number of nitrogens with zero attached hydrogens (tertiary/aromatic N) is 1. The van der Waals surface area contributed by atoms with Gasteiger partial charge in [0.2, 0.25) is 0 Å². The van der Waals surface area contributed by atoms with E-state index >= 15 is 0 Å². The van der Waals surface area contributed by atoms with Crippen molar-refractivity contribution in [1.29, 1.82) is 0 Å². The van der Waals surface area contributed by atoms with Crippen LogP contribution in [0.4, 0.5) is 4.39 Å². The maximum atomic E-state index is 13.0. The van der Waals surface area contributed by atoms with Crippen molar-refractivity contribution in [3.05, 3.63) is 56.7 Å². The second-order valence-electron chi connectivity index (χ2n) is 6.70. The summed E-state index contributed by atoms with van der Waals surface area (Å²) in [5, 5.41) is 0.773. The van der Waals surface area contributed by atoms with Crippen LogP contribution in [0.25, 0.3) is 10.2 Å². The van der Waals surface area contributed by atoms with Crippen LogP contribution in [0.1, 0.15) is 41.8 Å². The minimum atomic E-state index is -0.247. The largest absolute Gasteiger partial charge is 0.309 e. The van der Waals surface area contributed by atoms with Crippen molar-refractivity contribution in [3.8, 4) is 0 Å². The first-order chi connectivity index (χ1) is 12.0. The molecule has 3 nitrogen and oxygen atoms in total. The summed E-state index contributed by atoms with van der Waals surface area (Å²) in [7, 11) is 0. The number of aryl methyl sites for hydroxylation is 1. The summed E-state index contributed by atoms with van der Waals surface area (Å²) in [4.78, 5) is 23.5. The first-order valence-electron chi connectivity index (χ1n) is 8.48. The predicted octanol–water partition coefficient (Wildman–Crippen LogP) is 5.10. The van der Waals surface area contributed by atoms with E-state index in [1.165, 1.54) is 22.6 Å². The molecule has 0 aliphatic heterocycles. The average Bonchev–Trinajstić information content (AvgIpc) is 2.94. The van der Waals surface area contributed by atoms with Crippen LogP contribution in [0.2, 0.25) is 0 Å². The average molecular weight is 375 g/mol. The van der Waals surface area contributed by atoms with Gasteiger partial charge < -0.3 is 4.98 Å². The molecule has 2 atom stereocenters. The quantitative estimate of drug-likeness (QED) is 0.649. The Bertz CT molecular complexity index is 977. The van der Waals surface area contributed by atoms with Crippen molar-refractivity contribution in [2.75, 3.05) is 0 Å². The third-order valence-electron chi connectivity index (χ3n) is 4.70. The Kier molecular flexibility index (Phi) is 4.41. The van der Waals surface area contributed by atoms with Gasteiger partial charge in [-0.15, -0.1) is 23.1 Å². The summed E-state index contributed by atoms with van der Waals surface area (Å²) in [5.74, 6) is 1.11. The topological polar surface area (TPSA) is 45.8 Å². The smallest absolute Gasteiger partial charge is 0.259 e. The third kappa shape index (κ3) is 3.25. The molecule has 1 aliphatic carbocycles. The Morgan fingerprint density at radius 1 is 1.36 bits per heavy atom. The second kappa shape index (κ2) is 6.57. The molecular formula is C19H19FN2OS2. The molecular weight excluding hydrogens is 355 g/mol. The van der Waals surface area contributed by atoms with Crippen LogP contribution in [-0.2, 0) is 12.8 Å². The van der Waals surface area contributed by atoms with Gasteiger partial charge in [0.25, 0.3) is 5.56 Å². The molecule has 4 rings (SSSR count). The molecule has 130 valence electrons. The van der Waals surface area contributed by atoms with Crippen molar-refractivity contribution in [3.63, 3.8) is 0 Å². The Morgan fingerprint density at radius 3 is 2.88 bits per heavy atom. The zero-order chi connectivity index (χ0) is 17.6. The minimum Gasteiger partial charge on any atom is -0.309 e. The van der Waals surface area contributed by atoms with E-state index in [9.17, 15) is 9.18 Å². The molecule has 2 aromatic heterocycles. The van der Waals surface area contributed by atoms with E-state index in [0.717, 1.165) is 34.4 Å². The fourth-order valence-electron chi connectivity index (χ4n) is 3.33. The van der Waals surface area contributed by atoms with Crippen LogP contribution >= 0.6 is 23.1 Å². The Morgan fingerprint density at radius 2 is 2.12 bits per heavy atom. The predicted molar refractivity (Wildman–Crippen MR) is 102 cm³/mol. The van der Waals surface area contributed by atoms with Gasteiger partial charge in [-0.2, -0.15) is 0 Å². The van der Waals surface area contributed by atoms with E-state index in [2.05, 4.69) is 11.9 Å². The maximum absolute atomic E-state index is 13.0. The lowest BCUT2D eigenvalue weighted by Crippen LogP contribution is -2.15. The zero-order valence-electron chi connectivity index (χ0n) is 14.1. The SMILES string of the molecule is C[C@H]1CCc2c(sc3nc([C@H](C)Sc4ccc(F)cc4)[nH]c(=O)c23)C1. The molecule has 0 saturated carbocycles. The molecule has 1 N–H and O–H groups in total. The highest BCUT2D eigenvalue weighted by Gasteiger charge is 2.23. The lowest BCUT2D eigenvalue weighted by atomic mass is 9.89. The number of fused-ring (bicyclic) bond motifs is 3. The Balaban J connectivity index is 1.68. The molecule has 0 unspecified atom stereocenters. The molecule has 2 heterocycles. The molecule has 3 aromatic rings. The van der Waals surface area contributed by atoms with Crippen LogP contribution in [0.5, 0.6) is 0 Å². The first-order valence-corrected chi connectivity index (χ1v) is 10.2. The van der Waals surface area contributed by atoms with E-state index in [1.807, 2.05) is 6.92 Å². The van der Waals surface area contributed by atoms with Gasteiger partial charge >= 0.3 is 0 Å². The van der Waals surface area contributed by atoms with Crippen molar-refractivity contribution >= 4 is 33.3 Å². The van der Waals surface area contributed by atoms with E-state index in [-0.39, 0.29) is 16.6 Å². The summed E-state index contributed by atoms with van der Waals surface area (Å²) in [6.07, 6.45) is 3.16. The summed E-state index contributed by atoms with van der Waals surface area (Å²) < 4.78 is 13.0. The highest BCUT2D eigenvalue weighted by Crippen LogP contribution is 2.37. The van der Waals surface area contributed by atoms with Crippen LogP contribution in [0, 0.1) is 11.7 Å². The fourth-order valence-corrected chi connectivity index (χ4v) is 5.65. The third-order valence-corrected chi connectivity index (χ3v) is 6.96. The van der Waals surface area contributed by atoms with Crippen molar-refractivity contribution < 1.29 is 4.39 Å². The second-order valence-corrected chi connectivity index (χ2v) is 9.19. The lowest BCUT2D eigenvalue weighted by molar-refractivity contribution is 0.509. The van der Waals surface area contributed by atoms with Crippen LogP contribution < -0.4 is 5.56 Å². The molecule has 0 radical (unpaired) electrons. The molecule has 25 heavy (non-hydrogen) atoms. The number of benzene rings is 1. The summed E-state index contributed by atoms with van der Waals surface area (Å²) >= 11 is 3.23. The number of hydrogen-bond acceptors (Lipinski definition) is 4. The zero-order valence-corrected chi connectivity index (χ0v) is 15.8. The normalized spacial score (nSPS) is 18.3. The number of halogens is 1. The minimum absolute atomic E-state index is 0.0133. The molecule has 0 amide bonds. The van der Waals surface area contributed by atoms with Crippen molar-refractivity contribution in [2.45, 2.75) is 43.3 Å². The first kappa shape index (κ1) is 16.8. The standard InChI is InChI=1S/C19H19FN2OS2/c1-10-3-8-14-15(9-10)25-19-16(14)18(23)21-17(22-19)11(2)24-13-6-4-12(20)5-7-13/h4-7,10-11H,3,8-9H2,1-2H3,(H,21,22,23)/t10-,11-/m0/s1. The maximum Gasteiger partial charge on any atom is 0.259 e. The lowest BCUT2D eigenvalue weighted by Gasteiger charge is -2.17. The van der Waals surface area contributed by atoms with Gasteiger partial charge in [-0.25, -0.2) is 9.37 Å². The van der Waals surface area contributed by atoms with Crippen LogP contribution in [0.15, 0.2) is 34.0 Å². The molecule has 0 spiro atoms. The molecule has 1 aliphatic rings. The number of thiophene rings is 1. The molecule has 0 saturated heterocycles. The van der Waals surface area contributed by atoms with Gasteiger partial charge in [0.05, 0.1) is 10.6 Å². The van der Waals surface area contributed by atoms with Crippen LogP contribution in [-0.4, -0.2) is 9.97 Å². The number of nitrogens with one attached hydrogen (secondary N) is 1. The monoisotopic (exact) mass is 374 g/mol. The van der Waals surface area contributed by atoms with E-state index in [0.29, 0.717) is 11.7 Å². The number of H-pyrrole nitrogens is 1. The molecule has 1 aromatic carbocycles. The highest BCUT2D eigenvalue weighted by atomic mass is 32.2. The highest BCUT2D eigenvalue weighted by molar-refractivity contribution is 7.99. The van der Waals surface area contributed by atoms with Crippen LogP contribution in [0.3, 0.4) is 0 Å². The molecule has 6 heteroatoms. The van der Waals surface area contributed by atoms with E-state index in [1.54, 1.807) is 35.2 Å². The Hall–Kier alpha value is -1.66. The summed E-state index contributed by atoms with van der Waals surface area (Å²) in [6.45, 7) is 4.27.